The fourth-order valence-electron chi connectivity index (χ4n) is 2.99. The third-order valence-electron chi connectivity index (χ3n) is 4.84. The van der Waals surface area contributed by atoms with Crippen molar-refractivity contribution in [2.24, 2.45) is 0 Å². The lowest BCUT2D eigenvalue weighted by Gasteiger charge is -2.21. The van der Waals surface area contributed by atoms with Crippen LogP contribution in [0, 0.1) is 0 Å². The number of anilines is 1. The van der Waals surface area contributed by atoms with E-state index in [1.807, 2.05) is 24.3 Å². The predicted octanol–water partition coefficient (Wildman–Crippen LogP) is 4.66. The zero-order valence-electron chi connectivity index (χ0n) is 14.8. The van der Waals surface area contributed by atoms with Gasteiger partial charge in [-0.2, -0.15) is 0 Å². The van der Waals surface area contributed by atoms with Gasteiger partial charge in [0.25, 0.3) is 0 Å². The topological polar surface area (TPSA) is 38.3 Å². The van der Waals surface area contributed by atoms with Crippen LogP contribution in [-0.2, 0) is 15.6 Å². The van der Waals surface area contributed by atoms with E-state index in [9.17, 15) is 4.79 Å². The molecule has 1 fully saturated rings. The molecule has 3 heteroatoms. The summed E-state index contributed by atoms with van der Waals surface area (Å²) in [5, 5.41) is 3.04. The number of amides is 1. The molecule has 0 atom stereocenters. The quantitative estimate of drug-likeness (QED) is 0.888. The number of methoxy groups -OCH3 is 1. The number of hydrogen-bond acceptors (Lipinski definition) is 2. The molecule has 126 valence electrons. The second-order valence-electron chi connectivity index (χ2n) is 7.59. The van der Waals surface area contributed by atoms with E-state index in [1.165, 1.54) is 5.56 Å². The number of rotatable bonds is 4. The van der Waals surface area contributed by atoms with E-state index < -0.39 is 0 Å². The minimum Gasteiger partial charge on any atom is -0.497 e. The van der Waals surface area contributed by atoms with Gasteiger partial charge in [-0.15, -0.1) is 0 Å². The molecule has 0 unspecified atom stereocenters. The van der Waals surface area contributed by atoms with Crippen LogP contribution in [-0.4, -0.2) is 13.0 Å². The van der Waals surface area contributed by atoms with Crippen molar-refractivity contribution in [3.05, 3.63) is 59.7 Å². The first-order valence-corrected chi connectivity index (χ1v) is 8.42. The zero-order chi connectivity index (χ0) is 17.4. The zero-order valence-corrected chi connectivity index (χ0v) is 14.8. The Morgan fingerprint density at radius 1 is 1.00 bits per heavy atom. The summed E-state index contributed by atoms with van der Waals surface area (Å²) in [7, 11) is 1.63. The van der Waals surface area contributed by atoms with Gasteiger partial charge >= 0.3 is 0 Å². The Morgan fingerprint density at radius 2 is 1.58 bits per heavy atom. The van der Waals surface area contributed by atoms with Crippen LogP contribution in [0.3, 0.4) is 0 Å². The number of hydrogen-bond donors (Lipinski definition) is 1. The van der Waals surface area contributed by atoms with Crippen molar-refractivity contribution in [2.75, 3.05) is 12.4 Å². The molecule has 1 aliphatic rings. The van der Waals surface area contributed by atoms with Crippen LogP contribution in [0.1, 0.15) is 44.7 Å². The SMILES string of the molecule is COc1ccc(NC(=O)C2(c3ccc(C(C)(C)C)cc3)CC2)cc1. The Morgan fingerprint density at radius 3 is 2.04 bits per heavy atom. The highest BCUT2D eigenvalue weighted by Crippen LogP contribution is 2.49. The maximum Gasteiger partial charge on any atom is 0.235 e. The Labute approximate surface area is 144 Å². The molecular formula is C21H25NO2. The van der Waals surface area contributed by atoms with Crippen LogP contribution in [0.15, 0.2) is 48.5 Å². The van der Waals surface area contributed by atoms with Crippen LogP contribution in [0.2, 0.25) is 0 Å². The first-order valence-electron chi connectivity index (χ1n) is 8.42. The average Bonchev–Trinajstić information content (AvgIpc) is 3.37. The smallest absolute Gasteiger partial charge is 0.235 e. The summed E-state index contributed by atoms with van der Waals surface area (Å²) in [5.74, 6) is 0.864. The van der Waals surface area contributed by atoms with Gasteiger partial charge in [-0.25, -0.2) is 0 Å². The summed E-state index contributed by atoms with van der Waals surface area (Å²) in [6, 6.07) is 16.0. The number of benzene rings is 2. The first kappa shape index (κ1) is 16.6. The molecule has 1 saturated carbocycles. The van der Waals surface area contributed by atoms with Gasteiger partial charge in [0.1, 0.15) is 5.75 Å². The van der Waals surface area contributed by atoms with Crippen LogP contribution >= 0.6 is 0 Å². The fourth-order valence-corrected chi connectivity index (χ4v) is 2.99. The first-order chi connectivity index (χ1) is 11.3. The maximum atomic E-state index is 12.8. The second kappa shape index (κ2) is 5.97. The number of ether oxygens (including phenoxy) is 1. The van der Waals surface area contributed by atoms with Crippen molar-refractivity contribution in [1.82, 2.24) is 0 Å². The van der Waals surface area contributed by atoms with Gasteiger partial charge in [0.05, 0.1) is 12.5 Å². The summed E-state index contributed by atoms with van der Waals surface area (Å²) >= 11 is 0. The van der Waals surface area contributed by atoms with E-state index in [-0.39, 0.29) is 16.7 Å². The van der Waals surface area contributed by atoms with Crippen molar-refractivity contribution in [3.63, 3.8) is 0 Å². The van der Waals surface area contributed by atoms with Crippen molar-refractivity contribution in [1.29, 1.82) is 0 Å². The Hall–Kier alpha value is -2.29. The van der Waals surface area contributed by atoms with Gasteiger partial charge in [-0.1, -0.05) is 45.0 Å². The molecular weight excluding hydrogens is 298 g/mol. The van der Waals surface area contributed by atoms with Crippen LogP contribution in [0.5, 0.6) is 5.75 Å². The molecule has 0 spiro atoms. The third-order valence-corrected chi connectivity index (χ3v) is 4.84. The lowest BCUT2D eigenvalue weighted by Crippen LogP contribution is -2.28. The lowest BCUT2D eigenvalue weighted by molar-refractivity contribution is -0.118. The van der Waals surface area contributed by atoms with E-state index in [0.717, 1.165) is 29.8 Å². The molecule has 0 saturated heterocycles. The van der Waals surface area contributed by atoms with E-state index >= 15 is 0 Å². The molecule has 1 aliphatic carbocycles. The molecule has 24 heavy (non-hydrogen) atoms. The summed E-state index contributed by atoms with van der Waals surface area (Å²) in [6.07, 6.45) is 1.81. The highest BCUT2D eigenvalue weighted by atomic mass is 16.5. The molecule has 2 aromatic rings. The molecule has 3 nitrogen and oxygen atoms in total. The van der Waals surface area contributed by atoms with Gasteiger partial charge < -0.3 is 10.1 Å². The van der Waals surface area contributed by atoms with Crippen LogP contribution < -0.4 is 10.1 Å². The van der Waals surface area contributed by atoms with Gasteiger partial charge in [0, 0.05) is 5.69 Å². The molecule has 0 bridgehead atoms. The van der Waals surface area contributed by atoms with E-state index in [1.54, 1.807) is 7.11 Å². The van der Waals surface area contributed by atoms with Gasteiger partial charge in [-0.05, 0) is 53.6 Å². The summed E-state index contributed by atoms with van der Waals surface area (Å²) < 4.78 is 5.15. The van der Waals surface area contributed by atoms with Crippen molar-refractivity contribution >= 4 is 11.6 Å². The molecule has 1 N–H and O–H groups in total. The van der Waals surface area contributed by atoms with Crippen LogP contribution in [0.4, 0.5) is 5.69 Å². The standard InChI is InChI=1S/C21H25NO2/c1-20(2,3)15-5-7-16(8-6-15)21(13-14-21)19(23)22-17-9-11-18(24-4)12-10-17/h5-12H,13-14H2,1-4H3,(H,22,23). The number of carbonyl (C=O) groups excluding carboxylic acids is 1. The van der Waals surface area contributed by atoms with Gasteiger partial charge in [0.2, 0.25) is 5.91 Å². The molecule has 2 aromatic carbocycles. The molecule has 0 aromatic heterocycles. The molecule has 0 aliphatic heterocycles. The number of nitrogens with one attached hydrogen (secondary N) is 1. The molecule has 0 heterocycles. The third kappa shape index (κ3) is 3.16. The normalized spacial score (nSPS) is 15.7. The maximum absolute atomic E-state index is 12.8. The molecule has 3 rings (SSSR count). The van der Waals surface area contributed by atoms with Gasteiger partial charge in [0.15, 0.2) is 0 Å². The lowest BCUT2D eigenvalue weighted by atomic mass is 9.85. The summed E-state index contributed by atoms with van der Waals surface area (Å²) in [4.78, 5) is 12.8. The average molecular weight is 323 g/mol. The van der Waals surface area contributed by atoms with E-state index in [2.05, 4.69) is 50.4 Å². The largest absolute Gasteiger partial charge is 0.497 e. The Bertz CT molecular complexity index is 720. The number of carbonyl (C=O) groups is 1. The summed E-state index contributed by atoms with van der Waals surface area (Å²) in [6.45, 7) is 6.60. The van der Waals surface area contributed by atoms with Crippen molar-refractivity contribution < 1.29 is 9.53 Å². The van der Waals surface area contributed by atoms with E-state index in [4.69, 9.17) is 4.74 Å². The van der Waals surface area contributed by atoms with E-state index in [0.29, 0.717) is 0 Å². The predicted molar refractivity (Wildman–Crippen MR) is 97.7 cm³/mol. The molecule has 0 radical (unpaired) electrons. The Kier molecular flexibility index (Phi) is 4.12. The van der Waals surface area contributed by atoms with Crippen molar-refractivity contribution in [3.8, 4) is 5.75 Å². The van der Waals surface area contributed by atoms with Crippen LogP contribution in [0.25, 0.3) is 0 Å². The minimum atomic E-state index is -0.365. The highest BCUT2D eigenvalue weighted by Gasteiger charge is 2.51. The van der Waals surface area contributed by atoms with Crippen molar-refractivity contribution in [2.45, 2.75) is 44.4 Å². The monoisotopic (exact) mass is 323 g/mol. The Balaban J connectivity index is 1.76. The molecule has 1 amide bonds. The highest BCUT2D eigenvalue weighted by molar-refractivity contribution is 6.01. The van der Waals surface area contributed by atoms with Gasteiger partial charge in [-0.3, -0.25) is 4.79 Å². The summed E-state index contributed by atoms with van der Waals surface area (Å²) in [5.41, 5.74) is 2.97. The fraction of sp³-hybridized carbons (Fsp3) is 0.381. The second-order valence-corrected chi connectivity index (χ2v) is 7.59. The minimum absolute atomic E-state index is 0.0798.